The highest BCUT2D eigenvalue weighted by atomic mass is 32.1. The van der Waals surface area contributed by atoms with Gasteiger partial charge in [-0.25, -0.2) is 4.98 Å². The molecule has 0 aliphatic carbocycles. The Morgan fingerprint density at radius 1 is 1.27 bits per heavy atom. The molecule has 7 heteroatoms. The highest BCUT2D eigenvalue weighted by Crippen LogP contribution is 2.31. The van der Waals surface area contributed by atoms with Gasteiger partial charge in [-0.1, -0.05) is 13.0 Å². The molecule has 2 aromatic rings. The minimum atomic E-state index is 0.190. The van der Waals surface area contributed by atoms with Crippen molar-refractivity contribution in [2.45, 2.75) is 59.0 Å². The maximum Gasteiger partial charge on any atom is 0.228 e. The van der Waals surface area contributed by atoms with Gasteiger partial charge < -0.3 is 14.7 Å². The first-order valence-electron chi connectivity index (χ1n) is 11.1. The third kappa shape index (κ3) is 4.46. The normalized spacial score (nSPS) is 17.4. The molecule has 30 heavy (non-hydrogen) atoms. The molecule has 1 fully saturated rings. The molecule has 0 radical (unpaired) electrons. The fourth-order valence-corrected chi connectivity index (χ4v) is 4.85. The first kappa shape index (κ1) is 21.1. The van der Waals surface area contributed by atoms with E-state index < -0.39 is 0 Å². The standard InChI is InChI=1S/C23H33N5OS/c1-16(2)26(4)22-19-15-28(21(29)14-18-6-5-13-30-18)12-9-20(19)24-23(25-22)27-10-7-17(3)8-11-27/h5-6,13,16-17H,7-12,14-15H2,1-4H3. The Balaban J connectivity index is 1.60. The van der Waals surface area contributed by atoms with Crippen molar-refractivity contribution >= 4 is 29.0 Å². The van der Waals surface area contributed by atoms with Gasteiger partial charge in [0.1, 0.15) is 5.82 Å². The Bertz CT molecular complexity index is 874. The van der Waals surface area contributed by atoms with Crippen LogP contribution in [0.5, 0.6) is 0 Å². The number of piperidine rings is 1. The van der Waals surface area contributed by atoms with Gasteiger partial charge >= 0.3 is 0 Å². The zero-order valence-corrected chi connectivity index (χ0v) is 19.4. The van der Waals surface area contributed by atoms with Crippen molar-refractivity contribution in [3.63, 3.8) is 0 Å². The lowest BCUT2D eigenvalue weighted by Crippen LogP contribution is -2.40. The predicted molar refractivity (Wildman–Crippen MR) is 123 cm³/mol. The fourth-order valence-electron chi connectivity index (χ4n) is 4.16. The summed E-state index contributed by atoms with van der Waals surface area (Å²) in [6, 6.07) is 4.37. The maximum absolute atomic E-state index is 12.9. The molecule has 162 valence electrons. The lowest BCUT2D eigenvalue weighted by molar-refractivity contribution is -0.131. The van der Waals surface area contributed by atoms with E-state index in [0.29, 0.717) is 19.0 Å². The topological polar surface area (TPSA) is 52.6 Å². The third-order valence-corrected chi connectivity index (χ3v) is 7.34. The van der Waals surface area contributed by atoms with Crippen molar-refractivity contribution in [3.8, 4) is 0 Å². The number of nitrogens with zero attached hydrogens (tertiary/aromatic N) is 5. The summed E-state index contributed by atoms with van der Waals surface area (Å²) < 4.78 is 0. The average molecular weight is 428 g/mol. The fraction of sp³-hybridized carbons (Fsp3) is 0.609. The van der Waals surface area contributed by atoms with Crippen LogP contribution in [0.25, 0.3) is 0 Å². The van der Waals surface area contributed by atoms with Crippen LogP contribution in [0.4, 0.5) is 11.8 Å². The summed E-state index contributed by atoms with van der Waals surface area (Å²) in [5, 5.41) is 2.03. The minimum absolute atomic E-state index is 0.190. The maximum atomic E-state index is 12.9. The molecule has 4 heterocycles. The van der Waals surface area contributed by atoms with Gasteiger partial charge in [0.05, 0.1) is 18.7 Å². The summed E-state index contributed by atoms with van der Waals surface area (Å²) in [7, 11) is 2.10. The van der Waals surface area contributed by atoms with Crippen LogP contribution in [0.15, 0.2) is 17.5 Å². The second kappa shape index (κ2) is 8.92. The van der Waals surface area contributed by atoms with Crippen LogP contribution < -0.4 is 9.80 Å². The van der Waals surface area contributed by atoms with Crippen LogP contribution in [-0.2, 0) is 24.2 Å². The number of carbonyl (C=O) groups excluding carboxylic acids is 1. The number of carbonyl (C=O) groups is 1. The summed E-state index contributed by atoms with van der Waals surface area (Å²) in [6.45, 7) is 10.1. The summed E-state index contributed by atoms with van der Waals surface area (Å²) in [6.07, 6.45) is 3.67. The van der Waals surface area contributed by atoms with E-state index in [0.717, 1.165) is 59.9 Å². The zero-order valence-electron chi connectivity index (χ0n) is 18.6. The van der Waals surface area contributed by atoms with E-state index in [9.17, 15) is 4.79 Å². The molecule has 0 bridgehead atoms. The summed E-state index contributed by atoms with van der Waals surface area (Å²) >= 11 is 1.64. The van der Waals surface area contributed by atoms with E-state index >= 15 is 0 Å². The van der Waals surface area contributed by atoms with E-state index in [2.05, 4.69) is 37.6 Å². The number of fused-ring (bicyclic) bond motifs is 1. The van der Waals surface area contributed by atoms with E-state index in [-0.39, 0.29) is 5.91 Å². The van der Waals surface area contributed by atoms with Crippen molar-refractivity contribution in [2.75, 3.05) is 36.5 Å². The SMILES string of the molecule is CC1CCN(c2nc3c(c(N(C)C(C)C)n2)CN(C(=O)Cc2cccs2)CC3)CC1. The van der Waals surface area contributed by atoms with E-state index in [1.165, 1.54) is 12.8 Å². The smallest absolute Gasteiger partial charge is 0.228 e. The van der Waals surface area contributed by atoms with Gasteiger partial charge in [-0.05, 0) is 44.1 Å². The molecule has 0 atom stereocenters. The zero-order chi connectivity index (χ0) is 21.3. The van der Waals surface area contributed by atoms with Gasteiger partial charge in [-0.3, -0.25) is 4.79 Å². The number of aromatic nitrogens is 2. The second-order valence-electron chi connectivity index (χ2n) is 8.97. The molecule has 1 saturated heterocycles. The van der Waals surface area contributed by atoms with Crippen molar-refractivity contribution in [2.24, 2.45) is 5.92 Å². The third-order valence-electron chi connectivity index (χ3n) is 6.46. The number of thiophene rings is 1. The molecule has 4 rings (SSSR count). The van der Waals surface area contributed by atoms with Crippen LogP contribution in [-0.4, -0.2) is 53.5 Å². The molecule has 2 aliphatic rings. The van der Waals surface area contributed by atoms with Crippen LogP contribution in [0.2, 0.25) is 0 Å². The molecule has 6 nitrogen and oxygen atoms in total. The molecular weight excluding hydrogens is 394 g/mol. The Morgan fingerprint density at radius 2 is 2.03 bits per heavy atom. The molecular formula is C23H33N5OS. The number of hydrogen-bond acceptors (Lipinski definition) is 6. The molecule has 0 saturated carbocycles. The predicted octanol–water partition coefficient (Wildman–Crippen LogP) is 3.75. The highest BCUT2D eigenvalue weighted by molar-refractivity contribution is 7.10. The quantitative estimate of drug-likeness (QED) is 0.727. The molecule has 2 aromatic heterocycles. The van der Waals surface area contributed by atoms with Gasteiger partial charge in [-0.15, -0.1) is 11.3 Å². The Kier molecular flexibility index (Phi) is 6.27. The van der Waals surface area contributed by atoms with Crippen molar-refractivity contribution in [1.29, 1.82) is 0 Å². The van der Waals surface area contributed by atoms with Crippen molar-refractivity contribution in [3.05, 3.63) is 33.6 Å². The van der Waals surface area contributed by atoms with Gasteiger partial charge in [0.2, 0.25) is 11.9 Å². The summed E-state index contributed by atoms with van der Waals surface area (Å²) in [4.78, 5) is 30.6. The van der Waals surface area contributed by atoms with Crippen LogP contribution in [0.1, 0.15) is 49.7 Å². The number of amides is 1. The van der Waals surface area contributed by atoms with Gasteiger partial charge in [-0.2, -0.15) is 4.98 Å². The summed E-state index contributed by atoms with van der Waals surface area (Å²) in [5.74, 6) is 2.81. The van der Waals surface area contributed by atoms with E-state index in [1.807, 2.05) is 22.4 Å². The summed E-state index contributed by atoms with van der Waals surface area (Å²) in [5.41, 5.74) is 2.23. The van der Waals surface area contributed by atoms with Crippen LogP contribution in [0, 0.1) is 5.92 Å². The largest absolute Gasteiger partial charge is 0.357 e. The average Bonchev–Trinajstić information content (AvgIpc) is 3.25. The molecule has 0 aromatic carbocycles. The lowest BCUT2D eigenvalue weighted by atomic mass is 9.99. The van der Waals surface area contributed by atoms with Crippen molar-refractivity contribution in [1.82, 2.24) is 14.9 Å². The number of anilines is 2. The minimum Gasteiger partial charge on any atom is -0.357 e. The first-order valence-corrected chi connectivity index (χ1v) is 12.0. The molecule has 0 N–H and O–H groups in total. The Labute approximate surface area is 183 Å². The van der Waals surface area contributed by atoms with Crippen LogP contribution >= 0.6 is 11.3 Å². The molecule has 2 aliphatic heterocycles. The Morgan fingerprint density at radius 3 is 2.70 bits per heavy atom. The van der Waals surface area contributed by atoms with Gasteiger partial charge in [0.15, 0.2) is 0 Å². The molecule has 0 spiro atoms. The van der Waals surface area contributed by atoms with Gasteiger partial charge in [0.25, 0.3) is 0 Å². The van der Waals surface area contributed by atoms with Gasteiger partial charge in [0, 0.05) is 49.6 Å². The first-order chi connectivity index (χ1) is 14.4. The monoisotopic (exact) mass is 427 g/mol. The number of hydrogen-bond donors (Lipinski definition) is 0. The molecule has 0 unspecified atom stereocenters. The van der Waals surface area contributed by atoms with E-state index in [1.54, 1.807) is 11.3 Å². The molecule has 1 amide bonds. The second-order valence-corrected chi connectivity index (χ2v) is 10.0. The Hall–Kier alpha value is -2.15. The highest BCUT2D eigenvalue weighted by Gasteiger charge is 2.29. The lowest BCUT2D eigenvalue weighted by Gasteiger charge is -2.35. The van der Waals surface area contributed by atoms with Crippen LogP contribution in [0.3, 0.4) is 0 Å². The van der Waals surface area contributed by atoms with Crippen molar-refractivity contribution < 1.29 is 4.79 Å². The number of rotatable bonds is 5. The van der Waals surface area contributed by atoms with E-state index in [4.69, 9.17) is 9.97 Å².